The zero-order valence-corrected chi connectivity index (χ0v) is 38.9. The number of alkyl halides is 2. The molecule has 0 spiro atoms. The Hall–Kier alpha value is -3.69. The number of hydrogen-bond acceptors (Lipinski definition) is 12. The Labute approximate surface area is 378 Å². The van der Waals surface area contributed by atoms with E-state index in [1.165, 1.54) is 12.1 Å². The van der Waals surface area contributed by atoms with E-state index in [1.54, 1.807) is 37.5 Å². The lowest BCUT2D eigenvalue weighted by Gasteiger charge is -2.37. The van der Waals surface area contributed by atoms with Crippen LogP contribution < -0.4 is 5.32 Å². The minimum absolute atomic E-state index is 0.0453. The van der Waals surface area contributed by atoms with E-state index in [9.17, 15) is 33.6 Å². The predicted molar refractivity (Wildman–Crippen MR) is 241 cm³/mol. The Morgan fingerprint density at radius 2 is 1.59 bits per heavy atom. The van der Waals surface area contributed by atoms with Crippen LogP contribution >= 0.6 is 42.5 Å². The predicted octanol–water partition coefficient (Wildman–Crippen LogP) is 7.93. The van der Waals surface area contributed by atoms with E-state index >= 15 is 8.78 Å². The molecule has 340 valence electrons. The first kappa shape index (κ1) is 48.8. The number of halogens is 2. The Morgan fingerprint density at radius 1 is 0.952 bits per heavy atom. The number of carbonyl (C=O) groups excluding carboxylic acids is 5. The molecule has 19 heteroatoms. The van der Waals surface area contributed by atoms with E-state index in [-0.39, 0.29) is 74.7 Å². The first-order valence-electron chi connectivity index (χ1n) is 21.1. The molecule has 63 heavy (non-hydrogen) atoms. The van der Waals surface area contributed by atoms with Gasteiger partial charge in [-0.2, -0.15) is 8.78 Å². The van der Waals surface area contributed by atoms with E-state index in [2.05, 4.69) is 10.2 Å². The van der Waals surface area contributed by atoms with Gasteiger partial charge in [-0.1, -0.05) is 87.6 Å². The van der Waals surface area contributed by atoms with Crippen molar-refractivity contribution < 1.29 is 51.5 Å². The lowest BCUT2D eigenvalue weighted by atomic mass is 9.95. The number of aliphatic hydroxyl groups is 1. The van der Waals surface area contributed by atoms with Crippen molar-refractivity contribution >= 4 is 80.5 Å². The van der Waals surface area contributed by atoms with Crippen LogP contribution in [-0.2, 0) is 38.5 Å². The van der Waals surface area contributed by atoms with Crippen LogP contribution in [0, 0.1) is 18.4 Å². The molecule has 6 rings (SSSR count). The van der Waals surface area contributed by atoms with E-state index in [0.29, 0.717) is 36.9 Å². The van der Waals surface area contributed by atoms with E-state index in [4.69, 9.17) is 15.6 Å². The molecule has 3 amide bonds. The molecule has 4 heterocycles. The minimum Gasteiger partial charge on any atom is -0.393 e. The van der Waals surface area contributed by atoms with Gasteiger partial charge in [0.05, 0.1) is 36.7 Å². The summed E-state index contributed by atoms with van der Waals surface area (Å²) in [5, 5.41) is 13.5. The number of nitrogens with one attached hydrogen (secondary N) is 1. The zero-order valence-electron chi connectivity index (χ0n) is 35.6. The molecule has 2 N–H and O–H groups in total. The van der Waals surface area contributed by atoms with Gasteiger partial charge < -0.3 is 34.1 Å². The monoisotopic (exact) mass is 946 g/mol. The lowest BCUT2D eigenvalue weighted by Crippen LogP contribution is -2.57. The largest absolute Gasteiger partial charge is 0.404 e. The molecule has 3 aliphatic rings. The summed E-state index contributed by atoms with van der Waals surface area (Å²) in [5.41, 5.74) is -3.92. The second-order valence-corrected chi connectivity index (χ2v) is 22.0. The highest BCUT2D eigenvalue weighted by atomic mass is 32.2. The molecule has 6 atom stereocenters. The molecule has 3 aromatic rings. The summed E-state index contributed by atoms with van der Waals surface area (Å²) in [6.45, 7) is 14.2. The first-order chi connectivity index (χ1) is 29.9. The Kier molecular flexibility index (Phi) is 16.3. The van der Waals surface area contributed by atoms with Crippen LogP contribution in [-0.4, -0.2) is 111 Å². The highest BCUT2D eigenvalue weighted by molar-refractivity contribution is 8.13. The van der Waals surface area contributed by atoms with Crippen LogP contribution in [0.5, 0.6) is 0 Å². The SMILES string of the molecule is [C-]#[N+][C@@H]1CN(C(=O)[C@@H]2CCC3CC[C@H](O)C[C@H](NC(=O)c4cc5cc(C(F)(F)P(=O)(OCCSC(=O)C(C)C)OCCSC(=O)C(C)C)ccc5s4)C(=O)N32)C[C@H]1c1ccccc1. The summed E-state index contributed by atoms with van der Waals surface area (Å²) in [7, 11) is -5.26. The van der Waals surface area contributed by atoms with Crippen LogP contribution in [0.15, 0.2) is 54.6 Å². The van der Waals surface area contributed by atoms with Crippen molar-refractivity contribution in [2.45, 2.75) is 102 Å². The Balaban J connectivity index is 1.17. The quantitative estimate of drug-likeness (QED) is 0.0815. The fourth-order valence-corrected chi connectivity index (χ4v) is 12.2. The van der Waals surface area contributed by atoms with Gasteiger partial charge in [0, 0.05) is 52.6 Å². The molecule has 1 aromatic heterocycles. The summed E-state index contributed by atoms with van der Waals surface area (Å²) >= 11 is 2.72. The summed E-state index contributed by atoms with van der Waals surface area (Å²) < 4.78 is 57.7. The number of likely N-dealkylation sites (tertiary alicyclic amines) is 1. The van der Waals surface area contributed by atoms with Gasteiger partial charge in [-0.25, -0.2) is 6.57 Å². The van der Waals surface area contributed by atoms with Gasteiger partial charge in [-0.15, -0.1) is 11.3 Å². The molecule has 1 unspecified atom stereocenters. The molecule has 2 aromatic carbocycles. The highest BCUT2D eigenvalue weighted by Crippen LogP contribution is 2.67. The molecule has 3 saturated heterocycles. The van der Waals surface area contributed by atoms with Crippen molar-refractivity contribution in [1.82, 2.24) is 15.1 Å². The molecular formula is C44H53F2N4O9PS3. The number of rotatable bonds is 16. The number of thioether (sulfide) groups is 2. The number of carbonyl (C=O) groups is 5. The number of amides is 3. The third-order valence-corrected chi connectivity index (χ3v) is 16.9. The van der Waals surface area contributed by atoms with Crippen LogP contribution in [0.1, 0.15) is 86.5 Å². The van der Waals surface area contributed by atoms with Gasteiger partial charge in [0.2, 0.25) is 17.9 Å². The van der Waals surface area contributed by atoms with Gasteiger partial charge in [0.1, 0.15) is 12.1 Å². The van der Waals surface area contributed by atoms with Crippen LogP contribution in [0.2, 0.25) is 0 Å². The van der Waals surface area contributed by atoms with Crippen molar-refractivity contribution in [2.75, 3.05) is 37.8 Å². The minimum atomic E-state index is -5.26. The number of thiophene rings is 1. The van der Waals surface area contributed by atoms with E-state index in [0.717, 1.165) is 52.6 Å². The molecule has 0 bridgehead atoms. The van der Waals surface area contributed by atoms with E-state index < -0.39 is 68.1 Å². The Bertz CT molecular complexity index is 2230. The van der Waals surface area contributed by atoms with Crippen molar-refractivity contribution in [2.24, 2.45) is 11.8 Å². The number of aliphatic hydroxyl groups excluding tert-OH is 1. The molecule has 0 aliphatic carbocycles. The van der Waals surface area contributed by atoms with Crippen molar-refractivity contribution in [1.29, 1.82) is 0 Å². The van der Waals surface area contributed by atoms with Crippen LogP contribution in [0.25, 0.3) is 14.9 Å². The number of nitrogens with zero attached hydrogens (tertiary/aromatic N) is 3. The van der Waals surface area contributed by atoms with Crippen LogP contribution in [0.3, 0.4) is 0 Å². The van der Waals surface area contributed by atoms with Crippen LogP contribution in [0.4, 0.5) is 8.78 Å². The third kappa shape index (κ3) is 11.2. The van der Waals surface area contributed by atoms with E-state index in [1.807, 2.05) is 30.3 Å². The number of fused-ring (bicyclic) bond motifs is 2. The van der Waals surface area contributed by atoms with Gasteiger partial charge >= 0.3 is 13.3 Å². The fourth-order valence-electron chi connectivity index (χ4n) is 8.12. The normalized spacial score (nSPS) is 23.1. The fraction of sp³-hybridized carbons (Fsp3) is 0.545. The summed E-state index contributed by atoms with van der Waals surface area (Å²) in [6.07, 6.45) is 0.769. The maximum atomic E-state index is 16.4. The molecule has 13 nitrogen and oxygen atoms in total. The first-order valence-corrected chi connectivity index (χ1v) is 25.4. The second kappa shape index (κ2) is 21.1. The smallest absolute Gasteiger partial charge is 0.393 e. The van der Waals surface area contributed by atoms with Gasteiger partial charge in [-0.05, 0) is 54.8 Å². The van der Waals surface area contributed by atoms with Gasteiger partial charge in [0.25, 0.3) is 5.91 Å². The van der Waals surface area contributed by atoms with Gasteiger partial charge in [-0.3, -0.25) is 28.5 Å². The third-order valence-electron chi connectivity index (χ3n) is 11.5. The maximum absolute atomic E-state index is 16.4. The maximum Gasteiger partial charge on any atom is 0.404 e. The molecular weight excluding hydrogens is 894 g/mol. The zero-order chi connectivity index (χ0) is 45.6. The average molecular weight is 947 g/mol. The summed E-state index contributed by atoms with van der Waals surface area (Å²) in [5.74, 6) is -2.30. The number of benzene rings is 2. The van der Waals surface area contributed by atoms with Crippen molar-refractivity contribution in [3.8, 4) is 0 Å². The molecule has 3 fully saturated rings. The lowest BCUT2D eigenvalue weighted by molar-refractivity contribution is -0.147. The summed E-state index contributed by atoms with van der Waals surface area (Å²) in [6, 6.07) is 11.7. The molecule has 0 saturated carbocycles. The highest BCUT2D eigenvalue weighted by Gasteiger charge is 2.55. The summed E-state index contributed by atoms with van der Waals surface area (Å²) in [4.78, 5) is 73.7. The standard InChI is InChI=1S/C44H53F2N4O9PS3/c1-26(2)42(55)61-19-17-58-60(57,59-18-20-62-43(56)27(3)4)44(45,46)30-11-16-37-29(21-30)22-38(63-37)39(52)48-34-23-32(51)14-12-31-13-15-36(50(31)40(34)53)41(54)49-24-33(35(25-49)47-5)28-9-7-6-8-10-28/h6-11,16,21-22,26-27,31-36,51H,12-15,17-20,23-25H2,1-4H3,(H,48,52)/t31?,32-,33-,34-,35+,36-/m0/s1. The average Bonchev–Trinajstić information content (AvgIpc) is 4.02. The second-order valence-electron chi connectivity index (χ2n) is 16.7. The molecule has 0 radical (unpaired) electrons. The van der Waals surface area contributed by atoms with Crippen molar-refractivity contribution in [3.05, 3.63) is 82.0 Å². The topological polar surface area (TPSA) is 164 Å². The molecule has 3 aliphatic heterocycles. The number of hydrogen-bond donors (Lipinski definition) is 2. The van der Waals surface area contributed by atoms with Crippen molar-refractivity contribution in [3.63, 3.8) is 0 Å². The van der Waals surface area contributed by atoms with Gasteiger partial charge in [0.15, 0.2) is 10.2 Å². The Morgan fingerprint density at radius 3 is 2.21 bits per heavy atom.